The van der Waals surface area contributed by atoms with Gasteiger partial charge in [-0.25, -0.2) is 0 Å². The van der Waals surface area contributed by atoms with Gasteiger partial charge >= 0.3 is 0 Å². The average Bonchev–Trinajstić information content (AvgIpc) is 2.30. The predicted octanol–water partition coefficient (Wildman–Crippen LogP) is 1.33. The van der Waals surface area contributed by atoms with Crippen LogP contribution in [0.4, 0.5) is 0 Å². The molecule has 0 bridgehead atoms. The molecule has 1 aliphatic carbocycles. The smallest absolute Gasteiger partial charge is 0.223 e. The van der Waals surface area contributed by atoms with Crippen molar-refractivity contribution >= 4 is 5.91 Å². The van der Waals surface area contributed by atoms with Crippen LogP contribution in [0.3, 0.4) is 0 Å². The molecule has 1 amide bonds. The first-order valence-corrected chi connectivity index (χ1v) is 6.58. The van der Waals surface area contributed by atoms with Gasteiger partial charge in [0.05, 0.1) is 12.7 Å². The van der Waals surface area contributed by atoms with Crippen molar-refractivity contribution in [2.75, 3.05) is 20.3 Å². The Hall–Kier alpha value is -0.610. The van der Waals surface area contributed by atoms with E-state index in [9.17, 15) is 9.90 Å². The Morgan fingerprint density at radius 3 is 2.65 bits per heavy atom. The van der Waals surface area contributed by atoms with E-state index in [2.05, 4.69) is 12.2 Å². The average molecular weight is 243 g/mol. The zero-order chi connectivity index (χ0) is 12.7. The molecule has 0 aliphatic heterocycles. The van der Waals surface area contributed by atoms with Crippen LogP contribution in [0.15, 0.2) is 0 Å². The van der Waals surface area contributed by atoms with Gasteiger partial charge in [0, 0.05) is 19.6 Å². The standard InChI is InChI=1S/C13H25NO3/c1-10-3-5-11(6-4-10)13(16)14-8-7-12(15)9-17-2/h10-12,15H,3-9H2,1-2H3,(H,14,16). The first kappa shape index (κ1) is 14.5. The van der Waals surface area contributed by atoms with Crippen molar-refractivity contribution in [3.05, 3.63) is 0 Å². The van der Waals surface area contributed by atoms with Crippen LogP contribution in [-0.2, 0) is 9.53 Å². The third kappa shape index (κ3) is 5.50. The molecular formula is C13H25NO3. The molecule has 1 unspecified atom stereocenters. The molecule has 0 aromatic heterocycles. The van der Waals surface area contributed by atoms with Crippen molar-refractivity contribution in [2.24, 2.45) is 11.8 Å². The molecule has 0 aromatic rings. The molecular weight excluding hydrogens is 218 g/mol. The molecule has 1 aliphatic rings. The van der Waals surface area contributed by atoms with Gasteiger partial charge in [-0.05, 0) is 38.0 Å². The number of aliphatic hydroxyl groups excluding tert-OH is 1. The number of carbonyl (C=O) groups excluding carboxylic acids is 1. The summed E-state index contributed by atoms with van der Waals surface area (Å²) in [6, 6.07) is 0. The Balaban J connectivity index is 2.12. The second-order valence-electron chi connectivity index (χ2n) is 5.15. The van der Waals surface area contributed by atoms with Crippen molar-refractivity contribution in [1.29, 1.82) is 0 Å². The van der Waals surface area contributed by atoms with E-state index in [4.69, 9.17) is 4.74 Å². The van der Waals surface area contributed by atoms with Gasteiger partial charge in [-0.15, -0.1) is 0 Å². The number of nitrogens with one attached hydrogen (secondary N) is 1. The van der Waals surface area contributed by atoms with Crippen LogP contribution < -0.4 is 5.32 Å². The fraction of sp³-hybridized carbons (Fsp3) is 0.923. The molecule has 1 fully saturated rings. The monoisotopic (exact) mass is 243 g/mol. The highest BCUT2D eigenvalue weighted by atomic mass is 16.5. The van der Waals surface area contributed by atoms with Crippen LogP contribution in [-0.4, -0.2) is 37.4 Å². The quantitative estimate of drug-likeness (QED) is 0.740. The van der Waals surface area contributed by atoms with E-state index in [0.29, 0.717) is 19.6 Å². The molecule has 0 saturated heterocycles. The summed E-state index contributed by atoms with van der Waals surface area (Å²) in [5, 5.41) is 12.3. The molecule has 1 saturated carbocycles. The van der Waals surface area contributed by atoms with Gasteiger partial charge in [-0.1, -0.05) is 6.92 Å². The van der Waals surface area contributed by atoms with E-state index < -0.39 is 6.10 Å². The fourth-order valence-corrected chi connectivity index (χ4v) is 2.30. The van der Waals surface area contributed by atoms with Crippen LogP contribution in [0, 0.1) is 11.8 Å². The van der Waals surface area contributed by atoms with Crippen LogP contribution in [0.2, 0.25) is 0 Å². The Morgan fingerprint density at radius 1 is 1.41 bits per heavy atom. The van der Waals surface area contributed by atoms with Crippen LogP contribution in [0.25, 0.3) is 0 Å². The van der Waals surface area contributed by atoms with E-state index in [1.54, 1.807) is 7.11 Å². The number of ether oxygens (including phenoxy) is 1. The lowest BCUT2D eigenvalue weighted by molar-refractivity contribution is -0.126. The van der Waals surface area contributed by atoms with Crippen molar-refractivity contribution in [3.8, 4) is 0 Å². The first-order chi connectivity index (χ1) is 8.13. The number of amides is 1. The summed E-state index contributed by atoms with van der Waals surface area (Å²) in [6.07, 6.45) is 4.41. The zero-order valence-corrected chi connectivity index (χ0v) is 10.9. The van der Waals surface area contributed by atoms with Crippen LogP contribution in [0.1, 0.15) is 39.0 Å². The third-order valence-corrected chi connectivity index (χ3v) is 3.52. The SMILES string of the molecule is COCC(O)CCNC(=O)C1CCC(C)CC1. The maximum atomic E-state index is 11.8. The summed E-state index contributed by atoms with van der Waals surface area (Å²) in [5.41, 5.74) is 0. The Bertz CT molecular complexity index is 225. The van der Waals surface area contributed by atoms with Crippen molar-refractivity contribution < 1.29 is 14.6 Å². The van der Waals surface area contributed by atoms with E-state index in [1.165, 1.54) is 0 Å². The molecule has 4 heteroatoms. The summed E-state index contributed by atoms with van der Waals surface area (Å²) < 4.78 is 4.83. The maximum absolute atomic E-state index is 11.8. The molecule has 100 valence electrons. The van der Waals surface area contributed by atoms with Crippen molar-refractivity contribution in [3.63, 3.8) is 0 Å². The normalized spacial score (nSPS) is 26.5. The fourth-order valence-electron chi connectivity index (χ4n) is 2.30. The summed E-state index contributed by atoms with van der Waals surface area (Å²) in [5.74, 6) is 1.11. The molecule has 0 spiro atoms. The van der Waals surface area contributed by atoms with Gasteiger partial charge in [0.1, 0.15) is 0 Å². The topological polar surface area (TPSA) is 58.6 Å². The highest BCUT2D eigenvalue weighted by molar-refractivity contribution is 5.78. The minimum atomic E-state index is -0.480. The minimum absolute atomic E-state index is 0.154. The number of carbonyl (C=O) groups is 1. The van der Waals surface area contributed by atoms with E-state index in [0.717, 1.165) is 31.6 Å². The molecule has 4 nitrogen and oxygen atoms in total. The van der Waals surface area contributed by atoms with Gasteiger partial charge in [0.25, 0.3) is 0 Å². The molecule has 0 heterocycles. The van der Waals surface area contributed by atoms with Gasteiger partial charge in [0.15, 0.2) is 0 Å². The van der Waals surface area contributed by atoms with Gasteiger partial charge in [-0.3, -0.25) is 4.79 Å². The predicted molar refractivity (Wildman–Crippen MR) is 66.6 cm³/mol. The number of rotatable bonds is 6. The van der Waals surface area contributed by atoms with Crippen LogP contribution >= 0.6 is 0 Å². The van der Waals surface area contributed by atoms with Gasteiger partial charge in [0.2, 0.25) is 5.91 Å². The molecule has 1 rings (SSSR count). The molecule has 2 N–H and O–H groups in total. The minimum Gasteiger partial charge on any atom is -0.391 e. The largest absolute Gasteiger partial charge is 0.391 e. The van der Waals surface area contributed by atoms with E-state index in [1.807, 2.05) is 0 Å². The Morgan fingerprint density at radius 2 is 2.06 bits per heavy atom. The van der Waals surface area contributed by atoms with Gasteiger partial charge in [-0.2, -0.15) is 0 Å². The lowest BCUT2D eigenvalue weighted by Crippen LogP contribution is -2.35. The molecule has 0 aromatic carbocycles. The molecule has 0 radical (unpaired) electrons. The summed E-state index contributed by atoms with van der Waals surface area (Å²) in [4.78, 5) is 11.8. The van der Waals surface area contributed by atoms with Crippen molar-refractivity contribution in [1.82, 2.24) is 5.32 Å². The molecule has 17 heavy (non-hydrogen) atoms. The Labute approximate surface area is 104 Å². The van der Waals surface area contributed by atoms with Crippen LogP contribution in [0.5, 0.6) is 0 Å². The summed E-state index contributed by atoms with van der Waals surface area (Å²) in [7, 11) is 1.56. The zero-order valence-electron chi connectivity index (χ0n) is 10.9. The second kappa shape index (κ2) is 7.67. The van der Waals surface area contributed by atoms with E-state index >= 15 is 0 Å². The third-order valence-electron chi connectivity index (χ3n) is 3.52. The highest BCUT2D eigenvalue weighted by Gasteiger charge is 2.23. The summed E-state index contributed by atoms with van der Waals surface area (Å²) >= 11 is 0. The van der Waals surface area contributed by atoms with Crippen molar-refractivity contribution in [2.45, 2.75) is 45.1 Å². The summed E-state index contributed by atoms with van der Waals surface area (Å²) in [6.45, 7) is 3.11. The second-order valence-corrected chi connectivity index (χ2v) is 5.15. The molecule has 1 atom stereocenters. The number of methoxy groups -OCH3 is 1. The highest BCUT2D eigenvalue weighted by Crippen LogP contribution is 2.28. The number of aliphatic hydroxyl groups is 1. The maximum Gasteiger partial charge on any atom is 0.223 e. The number of hydrogen-bond acceptors (Lipinski definition) is 3. The lowest BCUT2D eigenvalue weighted by atomic mass is 9.82. The Kier molecular flexibility index (Phi) is 6.52. The van der Waals surface area contributed by atoms with E-state index in [-0.39, 0.29) is 11.8 Å². The van der Waals surface area contributed by atoms with Gasteiger partial charge < -0.3 is 15.2 Å². The lowest BCUT2D eigenvalue weighted by Gasteiger charge is -2.25. The first-order valence-electron chi connectivity index (χ1n) is 6.58. The number of hydrogen-bond donors (Lipinski definition) is 2.